The van der Waals surface area contributed by atoms with E-state index in [9.17, 15) is 13.2 Å². The zero-order valence-corrected chi connectivity index (χ0v) is 20.1. The molecule has 0 saturated carbocycles. The monoisotopic (exact) mass is 484 g/mol. The summed E-state index contributed by atoms with van der Waals surface area (Å²) in [5.74, 6) is -0.105. The molecule has 0 aliphatic rings. The second-order valence-electron chi connectivity index (χ2n) is 7.44. The molecule has 0 bridgehead atoms. The van der Waals surface area contributed by atoms with Crippen LogP contribution in [0.3, 0.4) is 0 Å². The maximum atomic E-state index is 12.8. The second-order valence-corrected chi connectivity index (χ2v) is 10.00. The Morgan fingerprint density at radius 1 is 1.00 bits per heavy atom. The second kappa shape index (κ2) is 10.7. The SMILES string of the molecule is COc1ccc(C=CC(=O)NC(c2ccccc2)c2cccc(Cl)c2)cc1S(=O)(=O)N(C)C. The first-order chi connectivity index (χ1) is 15.7. The number of halogens is 1. The van der Waals surface area contributed by atoms with Crippen molar-refractivity contribution in [2.45, 2.75) is 10.9 Å². The summed E-state index contributed by atoms with van der Waals surface area (Å²) >= 11 is 6.16. The van der Waals surface area contributed by atoms with Crippen LogP contribution in [0.2, 0.25) is 5.02 Å². The number of hydrogen-bond donors (Lipinski definition) is 1. The first-order valence-electron chi connectivity index (χ1n) is 10.1. The molecule has 3 rings (SSSR count). The molecular formula is C25H25ClN2O4S. The van der Waals surface area contributed by atoms with Crippen LogP contribution in [0.25, 0.3) is 6.08 Å². The molecule has 1 atom stereocenters. The molecule has 0 aromatic heterocycles. The van der Waals surface area contributed by atoms with E-state index in [1.165, 1.54) is 33.3 Å². The zero-order chi connectivity index (χ0) is 24.0. The van der Waals surface area contributed by atoms with Crippen molar-refractivity contribution < 1.29 is 17.9 Å². The standard InChI is InChI=1S/C25H25ClN2O4S/c1-28(2)33(30,31)23-16-18(12-14-22(23)32-3)13-15-24(29)27-25(19-8-5-4-6-9-19)20-10-7-11-21(26)17-20/h4-17,25H,1-3H3,(H,27,29). The van der Waals surface area contributed by atoms with Gasteiger partial charge in [0.2, 0.25) is 15.9 Å². The molecule has 3 aromatic rings. The van der Waals surface area contributed by atoms with E-state index < -0.39 is 16.1 Å². The molecule has 1 N–H and O–H groups in total. The number of nitrogens with zero attached hydrogens (tertiary/aromatic N) is 1. The molecule has 1 unspecified atom stereocenters. The Morgan fingerprint density at radius 3 is 2.33 bits per heavy atom. The van der Waals surface area contributed by atoms with Crippen molar-refractivity contribution in [1.29, 1.82) is 0 Å². The normalized spacial score (nSPS) is 12.6. The summed E-state index contributed by atoms with van der Waals surface area (Å²) in [6, 6.07) is 21.2. The van der Waals surface area contributed by atoms with E-state index in [1.807, 2.05) is 48.5 Å². The van der Waals surface area contributed by atoms with Gasteiger partial charge in [0.05, 0.1) is 13.2 Å². The van der Waals surface area contributed by atoms with Gasteiger partial charge in [0, 0.05) is 25.2 Å². The third-order valence-electron chi connectivity index (χ3n) is 4.97. The van der Waals surface area contributed by atoms with Crippen molar-refractivity contribution in [2.24, 2.45) is 0 Å². The Hall–Kier alpha value is -3.13. The van der Waals surface area contributed by atoms with Gasteiger partial charge in [-0.1, -0.05) is 60.1 Å². The number of ether oxygens (including phenoxy) is 1. The summed E-state index contributed by atoms with van der Waals surface area (Å²) in [5.41, 5.74) is 2.30. The third-order valence-corrected chi connectivity index (χ3v) is 7.05. The summed E-state index contributed by atoms with van der Waals surface area (Å²) in [4.78, 5) is 12.8. The van der Waals surface area contributed by atoms with E-state index in [4.69, 9.17) is 16.3 Å². The lowest BCUT2D eigenvalue weighted by Gasteiger charge is -2.19. The van der Waals surface area contributed by atoms with Gasteiger partial charge in [-0.25, -0.2) is 12.7 Å². The predicted octanol–water partition coefficient (Wildman–Crippen LogP) is 4.52. The number of rotatable bonds is 8. The fraction of sp³-hybridized carbons (Fsp3) is 0.160. The quantitative estimate of drug-likeness (QED) is 0.477. The minimum Gasteiger partial charge on any atom is -0.495 e. The lowest BCUT2D eigenvalue weighted by atomic mass is 9.98. The largest absolute Gasteiger partial charge is 0.495 e. The van der Waals surface area contributed by atoms with Crippen LogP contribution in [-0.4, -0.2) is 39.8 Å². The summed E-state index contributed by atoms with van der Waals surface area (Å²) < 4.78 is 31.6. The van der Waals surface area contributed by atoms with Crippen LogP contribution in [0, 0.1) is 0 Å². The average Bonchev–Trinajstić information content (AvgIpc) is 2.81. The van der Waals surface area contributed by atoms with Gasteiger partial charge in [-0.15, -0.1) is 0 Å². The van der Waals surface area contributed by atoms with E-state index in [0.29, 0.717) is 10.6 Å². The van der Waals surface area contributed by atoms with Gasteiger partial charge in [-0.2, -0.15) is 0 Å². The van der Waals surface area contributed by atoms with Gasteiger partial charge in [0.1, 0.15) is 10.6 Å². The van der Waals surface area contributed by atoms with E-state index >= 15 is 0 Å². The number of carbonyl (C=O) groups excluding carboxylic acids is 1. The summed E-state index contributed by atoms with van der Waals surface area (Å²) in [7, 11) is 0.592. The molecule has 0 aliphatic carbocycles. The molecule has 33 heavy (non-hydrogen) atoms. The molecule has 0 spiro atoms. The molecular weight excluding hydrogens is 460 g/mol. The molecule has 8 heteroatoms. The van der Waals surface area contributed by atoms with Crippen LogP contribution in [0.1, 0.15) is 22.7 Å². The van der Waals surface area contributed by atoms with Gasteiger partial charge in [-0.05, 0) is 47.0 Å². The minimum atomic E-state index is -3.71. The van der Waals surface area contributed by atoms with E-state index in [0.717, 1.165) is 15.4 Å². The van der Waals surface area contributed by atoms with Gasteiger partial charge in [0.15, 0.2) is 0 Å². The summed E-state index contributed by atoms with van der Waals surface area (Å²) in [6.45, 7) is 0. The lowest BCUT2D eigenvalue weighted by molar-refractivity contribution is -0.116. The number of sulfonamides is 1. The van der Waals surface area contributed by atoms with Crippen LogP contribution >= 0.6 is 11.6 Å². The number of carbonyl (C=O) groups is 1. The van der Waals surface area contributed by atoms with Crippen molar-refractivity contribution in [1.82, 2.24) is 9.62 Å². The van der Waals surface area contributed by atoms with E-state index in [2.05, 4.69) is 5.32 Å². The number of benzene rings is 3. The van der Waals surface area contributed by atoms with Crippen molar-refractivity contribution in [2.75, 3.05) is 21.2 Å². The molecule has 3 aromatic carbocycles. The summed E-state index contributed by atoms with van der Waals surface area (Å²) in [6.07, 6.45) is 2.93. The zero-order valence-electron chi connectivity index (χ0n) is 18.5. The molecule has 0 heterocycles. The van der Waals surface area contributed by atoms with Gasteiger partial charge < -0.3 is 10.1 Å². The van der Waals surface area contributed by atoms with Gasteiger partial charge in [0.25, 0.3) is 0 Å². The maximum Gasteiger partial charge on any atom is 0.246 e. The molecule has 0 radical (unpaired) electrons. The van der Waals surface area contributed by atoms with Crippen LogP contribution in [-0.2, 0) is 14.8 Å². The molecule has 6 nitrogen and oxygen atoms in total. The van der Waals surface area contributed by atoms with E-state index in [-0.39, 0.29) is 16.6 Å². The number of methoxy groups -OCH3 is 1. The van der Waals surface area contributed by atoms with Crippen molar-refractivity contribution in [3.63, 3.8) is 0 Å². The van der Waals surface area contributed by atoms with Crippen LogP contribution in [0.15, 0.2) is 83.8 Å². The average molecular weight is 485 g/mol. The number of nitrogens with one attached hydrogen (secondary N) is 1. The highest BCUT2D eigenvalue weighted by Crippen LogP contribution is 2.28. The van der Waals surface area contributed by atoms with Gasteiger partial charge >= 0.3 is 0 Å². The van der Waals surface area contributed by atoms with Crippen LogP contribution in [0.4, 0.5) is 0 Å². The number of amides is 1. The lowest BCUT2D eigenvalue weighted by Crippen LogP contribution is -2.27. The highest BCUT2D eigenvalue weighted by molar-refractivity contribution is 7.89. The Bertz CT molecular complexity index is 1260. The first kappa shape index (κ1) is 24.5. The number of hydrogen-bond acceptors (Lipinski definition) is 4. The highest BCUT2D eigenvalue weighted by Gasteiger charge is 2.22. The predicted molar refractivity (Wildman–Crippen MR) is 131 cm³/mol. The Labute approximate surface area is 199 Å². The van der Waals surface area contributed by atoms with Gasteiger partial charge in [-0.3, -0.25) is 4.79 Å². The van der Waals surface area contributed by atoms with Crippen molar-refractivity contribution >= 4 is 33.6 Å². The van der Waals surface area contributed by atoms with Crippen molar-refractivity contribution in [3.05, 3.63) is 101 Å². The Kier molecular flexibility index (Phi) is 7.92. The highest BCUT2D eigenvalue weighted by atomic mass is 35.5. The third kappa shape index (κ3) is 6.01. The smallest absolute Gasteiger partial charge is 0.246 e. The molecule has 172 valence electrons. The molecule has 0 aliphatic heterocycles. The van der Waals surface area contributed by atoms with E-state index in [1.54, 1.807) is 24.3 Å². The van der Waals surface area contributed by atoms with Crippen LogP contribution < -0.4 is 10.1 Å². The van der Waals surface area contributed by atoms with Crippen molar-refractivity contribution in [3.8, 4) is 5.75 Å². The first-order valence-corrected chi connectivity index (χ1v) is 11.9. The minimum absolute atomic E-state index is 0.0265. The molecule has 1 amide bonds. The Balaban J connectivity index is 1.87. The van der Waals surface area contributed by atoms with Crippen LogP contribution in [0.5, 0.6) is 5.75 Å². The fourth-order valence-corrected chi connectivity index (χ4v) is 4.53. The fourth-order valence-electron chi connectivity index (χ4n) is 3.25. The molecule has 0 fully saturated rings. The topological polar surface area (TPSA) is 75.7 Å². The maximum absolute atomic E-state index is 12.8. The summed E-state index contributed by atoms with van der Waals surface area (Å²) in [5, 5.41) is 3.57. The Morgan fingerprint density at radius 2 is 1.70 bits per heavy atom. The molecule has 0 saturated heterocycles.